The van der Waals surface area contributed by atoms with Gasteiger partial charge in [0.15, 0.2) is 5.78 Å². The lowest BCUT2D eigenvalue weighted by Gasteiger charge is -2.36. The number of benzene rings is 1. The van der Waals surface area contributed by atoms with Gasteiger partial charge in [-0.25, -0.2) is 4.79 Å². The number of Topliss-reactive ketones (excluding diaryl/α,β-unsaturated/α-hetero) is 1. The van der Waals surface area contributed by atoms with Crippen LogP contribution in [0.1, 0.15) is 42.7 Å². The van der Waals surface area contributed by atoms with Gasteiger partial charge in [-0.3, -0.25) is 9.78 Å². The molecule has 1 aromatic carbocycles. The van der Waals surface area contributed by atoms with Crippen molar-refractivity contribution < 1.29 is 19.1 Å². The number of methoxy groups -OCH3 is 2. The van der Waals surface area contributed by atoms with Crippen LogP contribution in [0.5, 0.6) is 5.75 Å². The third-order valence-electron chi connectivity index (χ3n) is 5.86. The number of pyridine rings is 1. The first kappa shape index (κ1) is 19.9. The van der Waals surface area contributed by atoms with E-state index in [1.807, 2.05) is 43.3 Å². The molecule has 0 amide bonds. The number of ketones is 1. The summed E-state index contributed by atoms with van der Waals surface area (Å²) in [4.78, 5) is 30.1. The second-order valence-electron chi connectivity index (χ2n) is 7.56. The third kappa shape index (κ3) is 3.49. The lowest BCUT2D eigenvalue weighted by Crippen LogP contribution is -2.36. The number of allylic oxidation sites excluding steroid dienone is 3. The normalized spacial score (nSPS) is 21.1. The van der Waals surface area contributed by atoms with Crippen LogP contribution >= 0.6 is 0 Å². The van der Waals surface area contributed by atoms with Crippen molar-refractivity contribution in [3.05, 3.63) is 82.5 Å². The summed E-state index contributed by atoms with van der Waals surface area (Å²) in [5.41, 5.74) is 4.66. The number of carbonyl (C=O) groups is 2. The second-order valence-corrected chi connectivity index (χ2v) is 7.56. The highest BCUT2D eigenvalue weighted by Gasteiger charge is 2.41. The zero-order valence-electron chi connectivity index (χ0n) is 17.3. The van der Waals surface area contributed by atoms with Crippen molar-refractivity contribution in [3.8, 4) is 5.75 Å². The monoisotopic (exact) mass is 404 g/mol. The molecule has 0 spiro atoms. The van der Waals surface area contributed by atoms with E-state index in [0.29, 0.717) is 29.7 Å². The fraction of sp³-hybridized carbons (Fsp3) is 0.292. The number of carbonyl (C=O) groups excluding carboxylic acids is 2. The van der Waals surface area contributed by atoms with Crippen LogP contribution in [0.4, 0.5) is 0 Å². The predicted octanol–water partition coefficient (Wildman–Crippen LogP) is 3.62. The fourth-order valence-electron chi connectivity index (χ4n) is 4.42. The smallest absolute Gasteiger partial charge is 0.336 e. The molecule has 0 fully saturated rings. The zero-order chi connectivity index (χ0) is 21.3. The van der Waals surface area contributed by atoms with Crippen LogP contribution in [0.25, 0.3) is 0 Å². The van der Waals surface area contributed by atoms with Gasteiger partial charge in [-0.15, -0.1) is 0 Å². The van der Waals surface area contributed by atoms with Gasteiger partial charge in [-0.2, -0.15) is 0 Å². The van der Waals surface area contributed by atoms with Crippen molar-refractivity contribution in [1.29, 1.82) is 0 Å². The van der Waals surface area contributed by atoms with Gasteiger partial charge in [0.2, 0.25) is 0 Å². The van der Waals surface area contributed by atoms with Gasteiger partial charge in [0.05, 0.1) is 19.8 Å². The zero-order valence-corrected chi connectivity index (χ0v) is 17.3. The van der Waals surface area contributed by atoms with Gasteiger partial charge >= 0.3 is 5.97 Å². The molecule has 1 N–H and O–H groups in total. The van der Waals surface area contributed by atoms with E-state index in [4.69, 9.17) is 9.47 Å². The van der Waals surface area contributed by atoms with Gasteiger partial charge in [0.1, 0.15) is 5.75 Å². The lowest BCUT2D eigenvalue weighted by molar-refractivity contribution is -0.136. The van der Waals surface area contributed by atoms with Gasteiger partial charge < -0.3 is 14.8 Å². The highest BCUT2D eigenvalue weighted by atomic mass is 16.5. The van der Waals surface area contributed by atoms with E-state index in [9.17, 15) is 9.59 Å². The summed E-state index contributed by atoms with van der Waals surface area (Å²) in [6, 6.07) is 11.5. The molecule has 0 bridgehead atoms. The second kappa shape index (κ2) is 8.14. The number of ether oxygens (including phenoxy) is 2. The van der Waals surface area contributed by atoms with Crippen molar-refractivity contribution in [3.63, 3.8) is 0 Å². The first-order valence-electron chi connectivity index (χ1n) is 9.89. The lowest BCUT2D eigenvalue weighted by atomic mass is 9.72. The van der Waals surface area contributed by atoms with Crippen LogP contribution in [0.3, 0.4) is 0 Å². The minimum atomic E-state index is -0.457. The first-order chi connectivity index (χ1) is 14.5. The standard InChI is InChI=1S/C24H24N2O4/c1-14-21(24(28)30-3)22(16-8-10-25-11-9-16)23-19(26-14)12-17(13-20(23)27)15-4-6-18(29-2)7-5-15/h4-11,17,22,26H,12-13H2,1-3H3/t17-,22+/m0/s1. The van der Waals surface area contributed by atoms with E-state index in [-0.39, 0.29) is 11.7 Å². The fourth-order valence-corrected chi connectivity index (χ4v) is 4.42. The average molecular weight is 404 g/mol. The summed E-state index contributed by atoms with van der Waals surface area (Å²) in [5, 5.41) is 3.33. The topological polar surface area (TPSA) is 77.5 Å². The molecule has 2 heterocycles. The quantitative estimate of drug-likeness (QED) is 0.785. The molecule has 30 heavy (non-hydrogen) atoms. The van der Waals surface area contributed by atoms with Gasteiger partial charge in [-0.1, -0.05) is 12.1 Å². The molecule has 0 saturated carbocycles. The SMILES string of the molecule is COC(=O)C1=C(C)NC2=C(C(=O)C[C@@H](c3ccc(OC)cc3)C2)[C@@H]1c1ccncc1. The molecule has 154 valence electrons. The Morgan fingerprint density at radius 2 is 1.73 bits per heavy atom. The molecule has 0 saturated heterocycles. The van der Waals surface area contributed by atoms with Crippen LogP contribution < -0.4 is 10.1 Å². The molecule has 1 aromatic heterocycles. The molecule has 2 aliphatic rings. The van der Waals surface area contributed by atoms with Gasteiger partial charge in [-0.05, 0) is 54.7 Å². The van der Waals surface area contributed by atoms with E-state index in [0.717, 1.165) is 22.6 Å². The Morgan fingerprint density at radius 1 is 1.03 bits per heavy atom. The van der Waals surface area contributed by atoms with Gasteiger partial charge in [0, 0.05) is 41.7 Å². The Kier molecular flexibility index (Phi) is 5.40. The molecular formula is C24H24N2O4. The average Bonchev–Trinajstić information content (AvgIpc) is 2.78. The molecule has 0 unspecified atom stereocenters. The number of aromatic nitrogens is 1. The largest absolute Gasteiger partial charge is 0.497 e. The van der Waals surface area contributed by atoms with E-state index in [1.54, 1.807) is 19.5 Å². The number of hydrogen-bond donors (Lipinski definition) is 1. The number of rotatable bonds is 4. The summed E-state index contributed by atoms with van der Waals surface area (Å²) < 4.78 is 10.3. The maximum atomic E-state index is 13.4. The summed E-state index contributed by atoms with van der Waals surface area (Å²) in [5.74, 6) is 0.00999. The molecule has 2 aromatic rings. The van der Waals surface area contributed by atoms with Crippen molar-refractivity contribution in [1.82, 2.24) is 10.3 Å². The molecular weight excluding hydrogens is 380 g/mol. The molecule has 0 radical (unpaired) electrons. The van der Waals surface area contributed by atoms with Crippen molar-refractivity contribution in [2.24, 2.45) is 0 Å². The number of nitrogens with one attached hydrogen (secondary N) is 1. The van der Waals surface area contributed by atoms with E-state index < -0.39 is 11.9 Å². The Morgan fingerprint density at radius 3 is 2.37 bits per heavy atom. The minimum absolute atomic E-state index is 0.0419. The minimum Gasteiger partial charge on any atom is -0.497 e. The van der Waals surface area contributed by atoms with Crippen LogP contribution in [0, 0.1) is 0 Å². The highest BCUT2D eigenvalue weighted by Crippen LogP contribution is 2.45. The summed E-state index contributed by atoms with van der Waals surface area (Å²) >= 11 is 0. The molecule has 6 nitrogen and oxygen atoms in total. The number of nitrogens with zero attached hydrogens (tertiary/aromatic N) is 1. The Balaban J connectivity index is 1.76. The van der Waals surface area contributed by atoms with E-state index >= 15 is 0 Å². The summed E-state index contributed by atoms with van der Waals surface area (Å²) in [6.07, 6.45) is 4.44. The Bertz CT molecular complexity index is 1040. The molecule has 1 aliphatic heterocycles. The van der Waals surface area contributed by atoms with Crippen LogP contribution in [0.2, 0.25) is 0 Å². The van der Waals surface area contributed by atoms with Crippen molar-refractivity contribution in [2.75, 3.05) is 14.2 Å². The third-order valence-corrected chi connectivity index (χ3v) is 5.86. The number of esters is 1. The molecule has 1 aliphatic carbocycles. The predicted molar refractivity (Wildman–Crippen MR) is 112 cm³/mol. The first-order valence-corrected chi connectivity index (χ1v) is 9.89. The van der Waals surface area contributed by atoms with Crippen LogP contribution in [-0.2, 0) is 14.3 Å². The van der Waals surface area contributed by atoms with Crippen LogP contribution in [-0.4, -0.2) is 31.0 Å². The maximum Gasteiger partial charge on any atom is 0.336 e. The van der Waals surface area contributed by atoms with E-state index in [2.05, 4.69) is 10.3 Å². The Hall–Kier alpha value is -3.41. The molecule has 6 heteroatoms. The highest BCUT2D eigenvalue weighted by molar-refractivity contribution is 6.04. The summed E-state index contributed by atoms with van der Waals surface area (Å²) in [7, 11) is 2.99. The van der Waals surface area contributed by atoms with Crippen molar-refractivity contribution in [2.45, 2.75) is 31.6 Å². The summed E-state index contributed by atoms with van der Waals surface area (Å²) in [6.45, 7) is 1.85. The van der Waals surface area contributed by atoms with E-state index in [1.165, 1.54) is 7.11 Å². The molecule has 2 atom stereocenters. The maximum absolute atomic E-state index is 13.4. The van der Waals surface area contributed by atoms with Gasteiger partial charge in [0.25, 0.3) is 0 Å². The van der Waals surface area contributed by atoms with Crippen LogP contribution in [0.15, 0.2) is 71.3 Å². The number of hydrogen-bond acceptors (Lipinski definition) is 6. The Labute approximate surface area is 175 Å². The van der Waals surface area contributed by atoms with Crippen molar-refractivity contribution >= 4 is 11.8 Å². The molecule has 4 rings (SSSR count). The number of dihydropyridines is 1.